The molecule has 0 aliphatic rings. The summed E-state index contributed by atoms with van der Waals surface area (Å²) >= 11 is 3.29. The standard InChI is InChI=1S/C14H14BrN3O/c1-9-4-3-5-11(18-9)10-6-7-12(17-8-10)14(2,15)13(16)19/h3-8H,1-2H3,(H2,16,19). The molecule has 4 nitrogen and oxygen atoms in total. The smallest absolute Gasteiger partial charge is 0.240 e. The first-order valence-electron chi connectivity index (χ1n) is 5.80. The van der Waals surface area contributed by atoms with Gasteiger partial charge in [-0.1, -0.05) is 22.0 Å². The van der Waals surface area contributed by atoms with Crippen molar-refractivity contribution in [2.24, 2.45) is 5.73 Å². The van der Waals surface area contributed by atoms with E-state index < -0.39 is 10.2 Å². The molecule has 98 valence electrons. The highest BCUT2D eigenvalue weighted by Crippen LogP contribution is 2.29. The van der Waals surface area contributed by atoms with Gasteiger partial charge in [-0.25, -0.2) is 0 Å². The molecule has 2 rings (SSSR count). The molecule has 0 fully saturated rings. The third-order valence-electron chi connectivity index (χ3n) is 2.89. The maximum Gasteiger partial charge on any atom is 0.240 e. The van der Waals surface area contributed by atoms with Crippen molar-refractivity contribution in [2.75, 3.05) is 0 Å². The monoisotopic (exact) mass is 319 g/mol. The number of carbonyl (C=O) groups is 1. The second-order valence-corrected chi connectivity index (χ2v) is 6.05. The van der Waals surface area contributed by atoms with Crippen molar-refractivity contribution >= 4 is 21.8 Å². The van der Waals surface area contributed by atoms with Crippen molar-refractivity contribution in [2.45, 2.75) is 18.2 Å². The highest BCUT2D eigenvalue weighted by molar-refractivity contribution is 9.10. The largest absolute Gasteiger partial charge is 0.368 e. The summed E-state index contributed by atoms with van der Waals surface area (Å²) in [4.78, 5) is 20.1. The van der Waals surface area contributed by atoms with Crippen LogP contribution in [0.4, 0.5) is 0 Å². The Morgan fingerprint density at radius 2 is 2.05 bits per heavy atom. The van der Waals surface area contributed by atoms with Crippen molar-refractivity contribution in [3.05, 3.63) is 47.9 Å². The Hall–Kier alpha value is -1.75. The second-order valence-electron chi connectivity index (χ2n) is 4.46. The number of primary amides is 1. The number of amides is 1. The minimum Gasteiger partial charge on any atom is -0.368 e. The van der Waals surface area contributed by atoms with E-state index in [-0.39, 0.29) is 0 Å². The fourth-order valence-electron chi connectivity index (χ4n) is 1.65. The zero-order valence-electron chi connectivity index (χ0n) is 10.7. The van der Waals surface area contributed by atoms with E-state index in [1.54, 1.807) is 19.2 Å². The van der Waals surface area contributed by atoms with Gasteiger partial charge < -0.3 is 5.73 Å². The summed E-state index contributed by atoms with van der Waals surface area (Å²) in [5, 5.41) is 0. The Morgan fingerprint density at radius 1 is 1.32 bits per heavy atom. The zero-order chi connectivity index (χ0) is 14.0. The number of alkyl halides is 1. The van der Waals surface area contributed by atoms with E-state index in [2.05, 4.69) is 25.9 Å². The number of hydrogen-bond acceptors (Lipinski definition) is 3. The summed E-state index contributed by atoms with van der Waals surface area (Å²) in [6, 6.07) is 9.47. The van der Waals surface area contributed by atoms with Gasteiger partial charge in [-0.05, 0) is 38.1 Å². The van der Waals surface area contributed by atoms with Gasteiger partial charge in [-0.15, -0.1) is 0 Å². The summed E-state index contributed by atoms with van der Waals surface area (Å²) < 4.78 is -0.953. The van der Waals surface area contributed by atoms with E-state index in [1.165, 1.54) is 0 Å². The summed E-state index contributed by atoms with van der Waals surface area (Å²) in [7, 11) is 0. The number of halogens is 1. The van der Waals surface area contributed by atoms with Crippen LogP contribution >= 0.6 is 15.9 Å². The molecular weight excluding hydrogens is 306 g/mol. The van der Waals surface area contributed by atoms with Crippen LogP contribution in [0.15, 0.2) is 36.5 Å². The predicted octanol–water partition coefficient (Wildman–Crippen LogP) is 2.55. The minimum absolute atomic E-state index is 0.471. The highest BCUT2D eigenvalue weighted by atomic mass is 79.9. The Kier molecular flexibility index (Phi) is 3.66. The average Bonchev–Trinajstić information content (AvgIpc) is 2.38. The fraction of sp³-hybridized carbons (Fsp3) is 0.214. The number of hydrogen-bond donors (Lipinski definition) is 1. The van der Waals surface area contributed by atoms with Gasteiger partial charge in [0.2, 0.25) is 5.91 Å². The van der Waals surface area contributed by atoms with Gasteiger partial charge in [0, 0.05) is 17.5 Å². The van der Waals surface area contributed by atoms with Crippen LogP contribution in [0.1, 0.15) is 18.3 Å². The highest BCUT2D eigenvalue weighted by Gasteiger charge is 2.31. The molecule has 1 unspecified atom stereocenters. The normalized spacial score (nSPS) is 13.8. The molecule has 2 aromatic rings. The molecule has 2 N–H and O–H groups in total. The third kappa shape index (κ3) is 2.81. The number of carbonyl (C=O) groups excluding carboxylic acids is 1. The minimum atomic E-state index is -0.953. The van der Waals surface area contributed by atoms with Crippen molar-refractivity contribution in [3.63, 3.8) is 0 Å². The van der Waals surface area contributed by atoms with E-state index in [0.717, 1.165) is 17.0 Å². The van der Waals surface area contributed by atoms with Crippen LogP contribution in [0.2, 0.25) is 0 Å². The zero-order valence-corrected chi connectivity index (χ0v) is 12.3. The molecule has 0 aliphatic carbocycles. The van der Waals surface area contributed by atoms with Crippen LogP contribution in [0, 0.1) is 6.92 Å². The molecule has 5 heteroatoms. The topological polar surface area (TPSA) is 68.9 Å². The van der Waals surface area contributed by atoms with Gasteiger partial charge in [0.05, 0.1) is 11.4 Å². The molecule has 0 saturated heterocycles. The molecule has 0 radical (unpaired) electrons. The molecule has 1 amide bonds. The molecule has 0 aliphatic heterocycles. The van der Waals surface area contributed by atoms with Crippen LogP contribution < -0.4 is 5.73 Å². The lowest BCUT2D eigenvalue weighted by Gasteiger charge is -2.17. The summed E-state index contributed by atoms with van der Waals surface area (Å²) in [6.45, 7) is 3.62. The molecule has 0 spiro atoms. The van der Waals surface area contributed by atoms with Crippen molar-refractivity contribution in [1.29, 1.82) is 0 Å². The first kappa shape index (κ1) is 13.7. The van der Waals surface area contributed by atoms with Crippen molar-refractivity contribution in [1.82, 2.24) is 9.97 Å². The van der Waals surface area contributed by atoms with Crippen LogP contribution in [0.25, 0.3) is 11.3 Å². The number of rotatable bonds is 3. The van der Waals surface area contributed by atoms with Crippen LogP contribution in [-0.2, 0) is 9.12 Å². The Bertz CT molecular complexity index is 608. The van der Waals surface area contributed by atoms with Crippen molar-refractivity contribution in [3.8, 4) is 11.3 Å². The average molecular weight is 320 g/mol. The maximum atomic E-state index is 11.3. The lowest BCUT2D eigenvalue weighted by atomic mass is 10.0. The van der Waals surface area contributed by atoms with Gasteiger partial charge in [0.1, 0.15) is 4.32 Å². The SMILES string of the molecule is Cc1cccc(-c2ccc(C(C)(Br)C(N)=O)nc2)n1. The second kappa shape index (κ2) is 5.09. The van der Waals surface area contributed by atoms with E-state index in [1.807, 2.05) is 31.2 Å². The number of nitrogens with zero attached hydrogens (tertiary/aromatic N) is 2. The summed E-state index contributed by atoms with van der Waals surface area (Å²) in [6.07, 6.45) is 1.69. The van der Waals surface area contributed by atoms with Gasteiger partial charge in [0.25, 0.3) is 0 Å². The molecule has 19 heavy (non-hydrogen) atoms. The Morgan fingerprint density at radius 3 is 2.58 bits per heavy atom. The lowest BCUT2D eigenvalue weighted by molar-refractivity contribution is -0.120. The molecule has 2 aromatic heterocycles. The first-order valence-corrected chi connectivity index (χ1v) is 6.60. The number of nitrogens with two attached hydrogens (primary N) is 1. The Balaban J connectivity index is 2.36. The predicted molar refractivity (Wildman–Crippen MR) is 77.7 cm³/mol. The number of aromatic nitrogens is 2. The number of aryl methyl sites for hydroxylation is 1. The van der Waals surface area contributed by atoms with Crippen molar-refractivity contribution < 1.29 is 4.79 Å². The third-order valence-corrected chi connectivity index (χ3v) is 3.69. The molecule has 0 bridgehead atoms. The van der Waals surface area contributed by atoms with E-state index >= 15 is 0 Å². The van der Waals surface area contributed by atoms with Gasteiger partial charge in [-0.3, -0.25) is 14.8 Å². The molecule has 0 aromatic carbocycles. The Labute approximate surface area is 120 Å². The fourth-order valence-corrected chi connectivity index (χ4v) is 1.89. The van der Waals surface area contributed by atoms with E-state index in [9.17, 15) is 4.79 Å². The van der Waals surface area contributed by atoms with Gasteiger partial charge >= 0.3 is 0 Å². The first-order chi connectivity index (χ1) is 8.91. The quantitative estimate of drug-likeness (QED) is 0.884. The molecule has 1 atom stereocenters. The lowest BCUT2D eigenvalue weighted by Crippen LogP contribution is -2.33. The molecule has 2 heterocycles. The van der Waals surface area contributed by atoms with Gasteiger partial charge in [-0.2, -0.15) is 0 Å². The maximum absolute atomic E-state index is 11.3. The number of pyridine rings is 2. The van der Waals surface area contributed by atoms with E-state index in [0.29, 0.717) is 5.69 Å². The van der Waals surface area contributed by atoms with Crippen LogP contribution in [-0.4, -0.2) is 15.9 Å². The molecular formula is C14H14BrN3O. The van der Waals surface area contributed by atoms with Gasteiger partial charge in [0.15, 0.2) is 0 Å². The summed E-state index contributed by atoms with van der Waals surface area (Å²) in [5.41, 5.74) is 8.62. The van der Waals surface area contributed by atoms with Crippen LogP contribution in [0.5, 0.6) is 0 Å². The summed E-state index contributed by atoms with van der Waals surface area (Å²) in [5.74, 6) is -0.471. The molecule has 0 saturated carbocycles. The van der Waals surface area contributed by atoms with E-state index in [4.69, 9.17) is 5.73 Å². The van der Waals surface area contributed by atoms with Crippen LogP contribution in [0.3, 0.4) is 0 Å².